The van der Waals surface area contributed by atoms with Crippen LogP contribution in [0.2, 0.25) is 0 Å². The van der Waals surface area contributed by atoms with Gasteiger partial charge in [0, 0.05) is 64.1 Å². The zero-order chi connectivity index (χ0) is 20.2. The third-order valence-electron chi connectivity index (χ3n) is 5.20. The van der Waals surface area contributed by atoms with Gasteiger partial charge in [0.25, 0.3) is 5.91 Å². The first-order valence-corrected chi connectivity index (χ1v) is 11.3. The fourth-order valence-electron chi connectivity index (χ4n) is 3.53. The molecule has 1 aliphatic heterocycles. The summed E-state index contributed by atoms with van der Waals surface area (Å²) in [5.41, 5.74) is 5.44. The number of carbonyl (C=O) groups is 1. The SMILES string of the molecule is CCc1cc(N2CCS(=O)CC2)ccc1NC(=O)c1cccc(-c2ccn[nH]2)c1. The highest BCUT2D eigenvalue weighted by Gasteiger charge is 2.17. The van der Waals surface area contributed by atoms with Crippen molar-refractivity contribution >= 4 is 28.1 Å². The highest BCUT2D eigenvalue weighted by Crippen LogP contribution is 2.26. The highest BCUT2D eigenvalue weighted by atomic mass is 32.2. The molecule has 2 aromatic carbocycles. The Hall–Kier alpha value is -2.93. The third-order valence-corrected chi connectivity index (χ3v) is 6.47. The van der Waals surface area contributed by atoms with Crippen molar-refractivity contribution in [3.8, 4) is 11.3 Å². The van der Waals surface area contributed by atoms with E-state index in [9.17, 15) is 9.00 Å². The Morgan fingerprint density at radius 2 is 2.00 bits per heavy atom. The molecular formula is C22H24N4O2S. The van der Waals surface area contributed by atoms with E-state index in [1.807, 2.05) is 42.5 Å². The van der Waals surface area contributed by atoms with Crippen LogP contribution in [0.25, 0.3) is 11.3 Å². The van der Waals surface area contributed by atoms with E-state index >= 15 is 0 Å². The second kappa shape index (κ2) is 8.61. The number of amides is 1. The summed E-state index contributed by atoms with van der Waals surface area (Å²) < 4.78 is 11.6. The van der Waals surface area contributed by atoms with E-state index in [0.29, 0.717) is 17.1 Å². The summed E-state index contributed by atoms with van der Waals surface area (Å²) >= 11 is 0. The van der Waals surface area contributed by atoms with Gasteiger partial charge in [-0.1, -0.05) is 19.1 Å². The van der Waals surface area contributed by atoms with E-state index < -0.39 is 10.8 Å². The Morgan fingerprint density at radius 3 is 2.72 bits per heavy atom. The number of anilines is 2. The van der Waals surface area contributed by atoms with Crippen molar-refractivity contribution in [3.05, 3.63) is 65.9 Å². The minimum Gasteiger partial charge on any atom is -0.370 e. The van der Waals surface area contributed by atoms with Gasteiger partial charge >= 0.3 is 0 Å². The van der Waals surface area contributed by atoms with Crippen LogP contribution < -0.4 is 10.2 Å². The summed E-state index contributed by atoms with van der Waals surface area (Å²) in [6, 6.07) is 15.5. The number of rotatable bonds is 5. The van der Waals surface area contributed by atoms with Crippen LogP contribution in [0.1, 0.15) is 22.8 Å². The van der Waals surface area contributed by atoms with Crippen molar-refractivity contribution in [2.75, 3.05) is 34.8 Å². The first-order chi connectivity index (χ1) is 14.1. The molecule has 0 unspecified atom stereocenters. The summed E-state index contributed by atoms with van der Waals surface area (Å²) in [6.07, 6.45) is 2.51. The Labute approximate surface area is 172 Å². The van der Waals surface area contributed by atoms with E-state index in [-0.39, 0.29) is 5.91 Å². The first-order valence-electron chi connectivity index (χ1n) is 9.78. The van der Waals surface area contributed by atoms with Crippen molar-refractivity contribution in [1.29, 1.82) is 0 Å². The van der Waals surface area contributed by atoms with Crippen molar-refractivity contribution < 1.29 is 9.00 Å². The molecule has 1 aromatic heterocycles. The zero-order valence-corrected chi connectivity index (χ0v) is 17.2. The van der Waals surface area contributed by atoms with Crippen molar-refractivity contribution in [1.82, 2.24) is 10.2 Å². The molecule has 4 rings (SSSR count). The van der Waals surface area contributed by atoms with Crippen LogP contribution in [-0.4, -0.2) is 44.9 Å². The maximum Gasteiger partial charge on any atom is 0.255 e. The van der Waals surface area contributed by atoms with E-state index in [1.165, 1.54) is 0 Å². The van der Waals surface area contributed by atoms with E-state index in [4.69, 9.17) is 0 Å². The fourth-order valence-corrected chi connectivity index (χ4v) is 4.58. The van der Waals surface area contributed by atoms with Crippen LogP contribution in [0.4, 0.5) is 11.4 Å². The van der Waals surface area contributed by atoms with E-state index in [2.05, 4.69) is 33.4 Å². The summed E-state index contributed by atoms with van der Waals surface area (Å²) in [5.74, 6) is 1.29. The van der Waals surface area contributed by atoms with Gasteiger partial charge < -0.3 is 10.2 Å². The monoisotopic (exact) mass is 408 g/mol. The smallest absolute Gasteiger partial charge is 0.255 e. The molecule has 6 nitrogen and oxygen atoms in total. The largest absolute Gasteiger partial charge is 0.370 e. The number of benzene rings is 2. The topological polar surface area (TPSA) is 78.1 Å². The van der Waals surface area contributed by atoms with Crippen molar-refractivity contribution in [2.45, 2.75) is 13.3 Å². The number of nitrogens with zero attached hydrogens (tertiary/aromatic N) is 2. The van der Waals surface area contributed by atoms with Gasteiger partial charge in [-0.05, 0) is 48.4 Å². The standard InChI is InChI=1S/C22H24N4O2S/c1-2-16-15-19(26-10-12-29(28)13-11-26)6-7-20(16)24-22(27)18-5-3-4-17(14-18)21-8-9-23-25-21/h3-9,14-15H,2,10-13H2,1H3,(H,23,25)(H,24,27). The maximum atomic E-state index is 12.8. The van der Waals surface area contributed by atoms with Crippen LogP contribution in [0.3, 0.4) is 0 Å². The number of nitrogens with one attached hydrogen (secondary N) is 2. The number of hydrogen-bond donors (Lipinski definition) is 2. The molecule has 2 heterocycles. The maximum absolute atomic E-state index is 12.8. The Balaban J connectivity index is 1.52. The Morgan fingerprint density at radius 1 is 1.17 bits per heavy atom. The predicted octanol–water partition coefficient (Wildman–Crippen LogP) is 3.46. The molecule has 29 heavy (non-hydrogen) atoms. The fraction of sp³-hybridized carbons (Fsp3) is 0.273. The summed E-state index contributed by atoms with van der Waals surface area (Å²) in [4.78, 5) is 15.1. The van der Waals surface area contributed by atoms with Crippen LogP contribution in [-0.2, 0) is 17.2 Å². The number of aryl methyl sites for hydroxylation is 1. The van der Waals surface area contributed by atoms with Gasteiger partial charge in [-0.2, -0.15) is 5.10 Å². The molecule has 2 N–H and O–H groups in total. The van der Waals surface area contributed by atoms with Crippen molar-refractivity contribution in [3.63, 3.8) is 0 Å². The second-order valence-electron chi connectivity index (χ2n) is 7.04. The number of carbonyl (C=O) groups excluding carboxylic acids is 1. The molecular weight excluding hydrogens is 384 g/mol. The number of aromatic amines is 1. The molecule has 7 heteroatoms. The van der Waals surface area contributed by atoms with Gasteiger partial charge in [-0.3, -0.25) is 14.1 Å². The number of hydrogen-bond acceptors (Lipinski definition) is 4. The van der Waals surface area contributed by atoms with E-state index in [1.54, 1.807) is 6.20 Å². The molecule has 0 aliphatic carbocycles. The normalized spacial score (nSPS) is 14.7. The van der Waals surface area contributed by atoms with Gasteiger partial charge in [0.05, 0.1) is 5.69 Å². The average molecular weight is 409 g/mol. The van der Waals surface area contributed by atoms with Gasteiger partial charge in [0.1, 0.15) is 0 Å². The minimum atomic E-state index is -0.693. The number of H-pyrrole nitrogens is 1. The van der Waals surface area contributed by atoms with Gasteiger partial charge in [0.2, 0.25) is 0 Å². The minimum absolute atomic E-state index is 0.137. The quantitative estimate of drug-likeness (QED) is 0.678. The second-order valence-corrected chi connectivity index (χ2v) is 8.73. The molecule has 1 amide bonds. The van der Waals surface area contributed by atoms with Crippen LogP contribution >= 0.6 is 0 Å². The molecule has 0 radical (unpaired) electrons. The van der Waals surface area contributed by atoms with Crippen molar-refractivity contribution in [2.24, 2.45) is 0 Å². The van der Waals surface area contributed by atoms with Gasteiger partial charge in [-0.15, -0.1) is 0 Å². The summed E-state index contributed by atoms with van der Waals surface area (Å²) in [5, 5.41) is 9.95. The highest BCUT2D eigenvalue weighted by molar-refractivity contribution is 7.85. The first kappa shape index (κ1) is 19.4. The Bertz CT molecular complexity index is 1020. The lowest BCUT2D eigenvalue weighted by Gasteiger charge is -2.29. The molecule has 1 saturated heterocycles. The predicted molar refractivity (Wildman–Crippen MR) is 118 cm³/mol. The molecule has 0 bridgehead atoms. The molecule has 1 fully saturated rings. The Kier molecular flexibility index (Phi) is 5.76. The molecule has 0 saturated carbocycles. The lowest BCUT2D eigenvalue weighted by atomic mass is 10.1. The molecule has 0 spiro atoms. The van der Waals surface area contributed by atoms with Crippen LogP contribution in [0.15, 0.2) is 54.7 Å². The van der Waals surface area contributed by atoms with Crippen LogP contribution in [0, 0.1) is 0 Å². The van der Waals surface area contributed by atoms with E-state index in [0.717, 1.165) is 47.7 Å². The lowest BCUT2D eigenvalue weighted by molar-refractivity contribution is 0.102. The van der Waals surface area contributed by atoms with Gasteiger partial charge in [0.15, 0.2) is 0 Å². The average Bonchev–Trinajstić information content (AvgIpc) is 3.30. The zero-order valence-electron chi connectivity index (χ0n) is 16.4. The van der Waals surface area contributed by atoms with Gasteiger partial charge in [-0.25, -0.2) is 0 Å². The van der Waals surface area contributed by atoms with Crippen LogP contribution in [0.5, 0.6) is 0 Å². The lowest BCUT2D eigenvalue weighted by Crippen LogP contribution is -2.37. The third kappa shape index (κ3) is 4.40. The molecule has 1 aliphatic rings. The summed E-state index contributed by atoms with van der Waals surface area (Å²) in [7, 11) is -0.693. The molecule has 0 atom stereocenters. The molecule has 3 aromatic rings. The number of aromatic nitrogens is 2. The molecule has 150 valence electrons. The summed E-state index contributed by atoms with van der Waals surface area (Å²) in [6.45, 7) is 3.70.